The molecule has 0 bridgehead atoms. The van der Waals surface area contributed by atoms with Crippen molar-refractivity contribution in [2.45, 2.75) is 11.8 Å². The number of para-hydroxylation sites is 1. The largest absolute Gasteiger partial charge is 0.354 e. The molecule has 9 heteroatoms. The zero-order valence-corrected chi connectivity index (χ0v) is 14.9. The molecule has 8 nitrogen and oxygen atoms in total. The van der Waals surface area contributed by atoms with Crippen molar-refractivity contribution in [2.24, 2.45) is 7.05 Å². The summed E-state index contributed by atoms with van der Waals surface area (Å²) < 4.78 is 34.8. The lowest BCUT2D eigenvalue weighted by molar-refractivity contribution is 0.426. The number of aromatic nitrogens is 4. The highest BCUT2D eigenvalue weighted by Gasteiger charge is 2.18. The van der Waals surface area contributed by atoms with Crippen LogP contribution in [0, 0.1) is 6.92 Å². The molecule has 0 saturated carbocycles. The van der Waals surface area contributed by atoms with E-state index in [1.807, 2.05) is 6.07 Å². The van der Waals surface area contributed by atoms with E-state index in [1.54, 1.807) is 49.1 Å². The average molecular weight is 369 g/mol. The molecule has 0 aliphatic carbocycles. The smallest absolute Gasteiger partial charge is 0.263 e. The second kappa shape index (κ2) is 5.95. The standard InChI is InChI=1S/C17H15N5O3S/c1-11-8-16(25-20-11)14-7-6-13(10-18-14)26(23,24)21-15-5-3-4-12-9-19-22(2)17(12)15/h3-10,21H,1-2H3. The van der Waals surface area contributed by atoms with Crippen LogP contribution in [0.25, 0.3) is 22.4 Å². The lowest BCUT2D eigenvalue weighted by Gasteiger charge is -2.10. The number of pyridine rings is 1. The van der Waals surface area contributed by atoms with Gasteiger partial charge in [-0.05, 0) is 25.1 Å². The molecule has 0 saturated heterocycles. The van der Waals surface area contributed by atoms with Gasteiger partial charge in [-0.2, -0.15) is 5.10 Å². The first-order valence-electron chi connectivity index (χ1n) is 7.77. The highest BCUT2D eigenvalue weighted by atomic mass is 32.2. The van der Waals surface area contributed by atoms with Crippen molar-refractivity contribution in [2.75, 3.05) is 4.72 Å². The van der Waals surface area contributed by atoms with Gasteiger partial charge in [-0.25, -0.2) is 8.42 Å². The minimum atomic E-state index is -3.79. The van der Waals surface area contributed by atoms with Crippen LogP contribution in [0.1, 0.15) is 5.69 Å². The predicted octanol–water partition coefficient (Wildman–Crippen LogP) is 2.73. The highest BCUT2D eigenvalue weighted by molar-refractivity contribution is 7.92. The van der Waals surface area contributed by atoms with Gasteiger partial charge < -0.3 is 4.52 Å². The van der Waals surface area contributed by atoms with Crippen molar-refractivity contribution in [1.82, 2.24) is 19.9 Å². The van der Waals surface area contributed by atoms with Gasteiger partial charge in [0.15, 0.2) is 5.76 Å². The average Bonchev–Trinajstić information content (AvgIpc) is 3.22. The third-order valence-electron chi connectivity index (χ3n) is 3.93. The molecular formula is C17H15N5O3S. The number of hydrogen-bond donors (Lipinski definition) is 1. The molecular weight excluding hydrogens is 354 g/mol. The molecule has 4 rings (SSSR count). The zero-order valence-electron chi connectivity index (χ0n) is 14.0. The van der Waals surface area contributed by atoms with Gasteiger partial charge in [0.1, 0.15) is 10.6 Å². The van der Waals surface area contributed by atoms with Crippen molar-refractivity contribution < 1.29 is 12.9 Å². The summed E-state index contributed by atoms with van der Waals surface area (Å²) in [4.78, 5) is 4.22. The van der Waals surface area contributed by atoms with Crippen LogP contribution in [-0.4, -0.2) is 28.3 Å². The summed E-state index contributed by atoms with van der Waals surface area (Å²) >= 11 is 0. The van der Waals surface area contributed by atoms with Crippen molar-refractivity contribution in [3.8, 4) is 11.5 Å². The molecule has 1 aromatic carbocycles. The molecule has 1 N–H and O–H groups in total. The van der Waals surface area contributed by atoms with Crippen molar-refractivity contribution in [3.05, 3.63) is 54.5 Å². The SMILES string of the molecule is Cc1cc(-c2ccc(S(=O)(=O)Nc3cccc4cnn(C)c34)cn2)on1. The maximum absolute atomic E-state index is 12.7. The Morgan fingerprint density at radius 1 is 1.15 bits per heavy atom. The Morgan fingerprint density at radius 3 is 2.69 bits per heavy atom. The summed E-state index contributed by atoms with van der Waals surface area (Å²) in [6.45, 7) is 1.80. The molecule has 4 aromatic rings. The van der Waals surface area contributed by atoms with Crippen LogP contribution in [0.5, 0.6) is 0 Å². The Balaban J connectivity index is 1.67. The van der Waals surface area contributed by atoms with Crippen molar-refractivity contribution >= 4 is 26.6 Å². The Bertz CT molecular complexity index is 1190. The molecule has 0 fully saturated rings. The molecule has 3 heterocycles. The molecule has 0 aliphatic rings. The van der Waals surface area contributed by atoms with Crippen molar-refractivity contribution in [3.63, 3.8) is 0 Å². The number of aryl methyl sites for hydroxylation is 2. The topological polar surface area (TPSA) is 103 Å². The summed E-state index contributed by atoms with van der Waals surface area (Å²) in [5, 5.41) is 8.81. The summed E-state index contributed by atoms with van der Waals surface area (Å²) in [6, 6.07) is 10.1. The van der Waals surface area contributed by atoms with Crippen LogP contribution in [0.4, 0.5) is 5.69 Å². The van der Waals surface area contributed by atoms with Crippen molar-refractivity contribution in [1.29, 1.82) is 0 Å². The van der Waals surface area contributed by atoms with E-state index in [9.17, 15) is 8.42 Å². The monoisotopic (exact) mass is 369 g/mol. The maximum atomic E-state index is 12.7. The number of hydrogen-bond acceptors (Lipinski definition) is 6. The van der Waals surface area contributed by atoms with E-state index in [0.29, 0.717) is 22.7 Å². The zero-order chi connectivity index (χ0) is 18.3. The van der Waals surface area contributed by atoms with Gasteiger partial charge in [0.05, 0.1) is 23.1 Å². The minimum Gasteiger partial charge on any atom is -0.354 e. The number of nitrogens with one attached hydrogen (secondary N) is 1. The van der Waals surface area contributed by atoms with Gasteiger partial charge in [-0.1, -0.05) is 17.3 Å². The van der Waals surface area contributed by atoms with E-state index in [4.69, 9.17) is 4.52 Å². The molecule has 26 heavy (non-hydrogen) atoms. The Morgan fingerprint density at radius 2 is 2.00 bits per heavy atom. The van der Waals surface area contributed by atoms with E-state index in [0.717, 1.165) is 11.1 Å². The number of rotatable bonds is 4. The number of anilines is 1. The fraction of sp³-hybridized carbons (Fsp3) is 0.118. The van der Waals surface area contributed by atoms with Gasteiger partial charge in [-0.3, -0.25) is 14.4 Å². The number of benzene rings is 1. The molecule has 0 aliphatic heterocycles. The first kappa shape index (κ1) is 16.3. The number of nitrogens with zero attached hydrogens (tertiary/aromatic N) is 4. The predicted molar refractivity (Wildman–Crippen MR) is 96.0 cm³/mol. The second-order valence-electron chi connectivity index (χ2n) is 5.83. The lowest BCUT2D eigenvalue weighted by atomic mass is 10.2. The summed E-state index contributed by atoms with van der Waals surface area (Å²) in [6.07, 6.45) is 2.97. The van der Waals surface area contributed by atoms with Crippen LogP contribution in [0.3, 0.4) is 0 Å². The quantitative estimate of drug-likeness (QED) is 0.593. The fourth-order valence-corrected chi connectivity index (χ4v) is 3.70. The van der Waals surface area contributed by atoms with Crippen LogP contribution in [0.15, 0.2) is 58.2 Å². The summed E-state index contributed by atoms with van der Waals surface area (Å²) in [5.74, 6) is 0.485. The highest BCUT2D eigenvalue weighted by Crippen LogP contribution is 2.26. The third-order valence-corrected chi connectivity index (χ3v) is 5.28. The molecule has 0 atom stereocenters. The Kier molecular flexibility index (Phi) is 3.73. The maximum Gasteiger partial charge on any atom is 0.263 e. The van der Waals surface area contributed by atoms with Gasteiger partial charge in [0.2, 0.25) is 0 Å². The van der Waals surface area contributed by atoms with E-state index in [-0.39, 0.29) is 4.90 Å². The number of sulfonamides is 1. The molecule has 0 radical (unpaired) electrons. The minimum absolute atomic E-state index is 0.0525. The third kappa shape index (κ3) is 2.82. The van der Waals surface area contributed by atoms with Gasteiger partial charge >= 0.3 is 0 Å². The van der Waals surface area contributed by atoms with E-state index >= 15 is 0 Å². The molecule has 0 unspecified atom stereocenters. The van der Waals surface area contributed by atoms with E-state index in [2.05, 4.69) is 20.0 Å². The lowest BCUT2D eigenvalue weighted by Crippen LogP contribution is -2.14. The van der Waals surface area contributed by atoms with Crippen LogP contribution in [-0.2, 0) is 17.1 Å². The Hall–Kier alpha value is -3.20. The van der Waals surface area contributed by atoms with Crippen LogP contribution in [0.2, 0.25) is 0 Å². The summed E-state index contributed by atoms with van der Waals surface area (Å²) in [5.41, 5.74) is 2.40. The normalized spacial score (nSPS) is 11.8. The number of fused-ring (bicyclic) bond motifs is 1. The molecule has 0 spiro atoms. The first-order valence-corrected chi connectivity index (χ1v) is 9.26. The fourth-order valence-electron chi connectivity index (χ4n) is 2.69. The Labute approximate surface area is 149 Å². The molecule has 0 amide bonds. The molecule has 132 valence electrons. The van der Waals surface area contributed by atoms with Crippen LogP contribution < -0.4 is 4.72 Å². The summed E-state index contributed by atoms with van der Waals surface area (Å²) in [7, 11) is -2.03. The van der Waals surface area contributed by atoms with Gasteiger partial charge in [-0.15, -0.1) is 0 Å². The molecule has 3 aromatic heterocycles. The van der Waals surface area contributed by atoms with Gasteiger partial charge in [0, 0.05) is 24.7 Å². The van der Waals surface area contributed by atoms with E-state index in [1.165, 1.54) is 12.3 Å². The van der Waals surface area contributed by atoms with Gasteiger partial charge in [0.25, 0.3) is 10.0 Å². The van der Waals surface area contributed by atoms with E-state index < -0.39 is 10.0 Å². The van der Waals surface area contributed by atoms with Crippen LogP contribution >= 0.6 is 0 Å². The second-order valence-corrected chi connectivity index (χ2v) is 7.51. The first-order chi connectivity index (χ1) is 12.4.